The van der Waals surface area contributed by atoms with Crippen molar-refractivity contribution in [1.29, 1.82) is 0 Å². The summed E-state index contributed by atoms with van der Waals surface area (Å²) in [5, 5.41) is 0.662. The molecule has 0 atom stereocenters. The minimum atomic E-state index is 0.662. The van der Waals surface area contributed by atoms with E-state index in [0.29, 0.717) is 5.17 Å². The molecule has 0 spiro atoms. The van der Waals surface area contributed by atoms with E-state index in [1.165, 1.54) is 16.6 Å². The van der Waals surface area contributed by atoms with Crippen LogP contribution in [0.1, 0.15) is 4.88 Å². The van der Waals surface area contributed by atoms with E-state index in [4.69, 9.17) is 17.3 Å². The van der Waals surface area contributed by atoms with Crippen LogP contribution in [0.4, 0.5) is 0 Å². The zero-order valence-corrected chi connectivity index (χ0v) is 11.6. The standard InChI is InChI=1S/C9H13ClN2S3/c1-13-9(11)12-4-5-14-6-7-2-3-8(10)15-7/h2-3H,4-6H2,1H3,(H2,11,12). The van der Waals surface area contributed by atoms with E-state index in [1.54, 1.807) is 11.3 Å². The van der Waals surface area contributed by atoms with Crippen molar-refractivity contribution < 1.29 is 0 Å². The van der Waals surface area contributed by atoms with E-state index in [9.17, 15) is 0 Å². The first kappa shape index (κ1) is 13.2. The SMILES string of the molecule is CSC(N)=NCCSCc1ccc(Cl)s1. The van der Waals surface area contributed by atoms with Crippen molar-refractivity contribution in [1.82, 2.24) is 0 Å². The normalized spacial score (nSPS) is 12.0. The Morgan fingerprint density at radius 2 is 2.40 bits per heavy atom. The fraction of sp³-hybridized carbons (Fsp3) is 0.444. The second-order valence-corrected chi connectivity index (χ2v) is 6.41. The molecule has 1 rings (SSSR count). The molecule has 0 aromatic carbocycles. The fourth-order valence-corrected chi connectivity index (χ4v) is 3.14. The minimum Gasteiger partial charge on any atom is -0.379 e. The molecule has 15 heavy (non-hydrogen) atoms. The molecule has 0 radical (unpaired) electrons. The van der Waals surface area contributed by atoms with E-state index < -0.39 is 0 Å². The maximum atomic E-state index is 5.83. The topological polar surface area (TPSA) is 38.4 Å². The van der Waals surface area contributed by atoms with Gasteiger partial charge in [-0.25, -0.2) is 0 Å². The third-order valence-corrected chi connectivity index (χ3v) is 4.53. The molecular weight excluding hydrogens is 268 g/mol. The van der Waals surface area contributed by atoms with Crippen LogP contribution in [0.15, 0.2) is 17.1 Å². The summed E-state index contributed by atoms with van der Waals surface area (Å²) in [5.74, 6) is 2.00. The molecule has 0 aliphatic rings. The fourth-order valence-electron chi connectivity index (χ4n) is 0.887. The number of hydrogen-bond acceptors (Lipinski definition) is 4. The van der Waals surface area contributed by atoms with E-state index in [0.717, 1.165) is 22.4 Å². The minimum absolute atomic E-state index is 0.662. The Hall–Kier alpha value is 0.160. The van der Waals surface area contributed by atoms with Gasteiger partial charge in [-0.2, -0.15) is 11.8 Å². The number of halogens is 1. The van der Waals surface area contributed by atoms with Crippen molar-refractivity contribution in [3.8, 4) is 0 Å². The van der Waals surface area contributed by atoms with Crippen molar-refractivity contribution >= 4 is 51.6 Å². The summed E-state index contributed by atoms with van der Waals surface area (Å²) in [6.07, 6.45) is 1.93. The molecule has 0 saturated heterocycles. The first-order valence-electron chi connectivity index (χ1n) is 4.38. The van der Waals surface area contributed by atoms with Crippen LogP contribution in [-0.2, 0) is 5.75 Å². The Labute approximate surface area is 108 Å². The van der Waals surface area contributed by atoms with Crippen LogP contribution < -0.4 is 5.73 Å². The van der Waals surface area contributed by atoms with Crippen molar-refractivity contribution in [3.63, 3.8) is 0 Å². The summed E-state index contributed by atoms with van der Waals surface area (Å²) in [5.41, 5.74) is 5.56. The highest BCUT2D eigenvalue weighted by Gasteiger charge is 1.97. The molecule has 6 heteroatoms. The van der Waals surface area contributed by atoms with Crippen molar-refractivity contribution in [3.05, 3.63) is 21.3 Å². The number of nitrogens with zero attached hydrogens (tertiary/aromatic N) is 1. The summed E-state index contributed by atoms with van der Waals surface area (Å²) in [7, 11) is 0. The lowest BCUT2D eigenvalue weighted by Gasteiger charge is -1.97. The highest BCUT2D eigenvalue weighted by Crippen LogP contribution is 2.24. The number of nitrogens with two attached hydrogens (primary N) is 1. The van der Waals surface area contributed by atoms with Gasteiger partial charge in [0.25, 0.3) is 0 Å². The molecule has 2 nitrogen and oxygen atoms in total. The quantitative estimate of drug-likeness (QED) is 0.511. The first-order valence-corrected chi connectivity index (χ1v) is 7.95. The summed E-state index contributed by atoms with van der Waals surface area (Å²) >= 11 is 10.8. The third-order valence-electron chi connectivity index (χ3n) is 1.59. The Bertz CT molecular complexity index is 325. The van der Waals surface area contributed by atoms with Crippen LogP contribution in [-0.4, -0.2) is 23.7 Å². The van der Waals surface area contributed by atoms with Gasteiger partial charge < -0.3 is 5.73 Å². The molecule has 0 aliphatic heterocycles. The van der Waals surface area contributed by atoms with Crippen LogP contribution in [0.3, 0.4) is 0 Å². The number of hydrogen-bond donors (Lipinski definition) is 1. The van der Waals surface area contributed by atoms with Gasteiger partial charge in [-0.3, -0.25) is 4.99 Å². The van der Waals surface area contributed by atoms with Gasteiger partial charge in [0.1, 0.15) is 0 Å². The molecule has 84 valence electrons. The molecule has 1 aromatic heterocycles. The smallest absolute Gasteiger partial charge is 0.153 e. The van der Waals surface area contributed by atoms with Crippen LogP contribution in [0.25, 0.3) is 0 Å². The van der Waals surface area contributed by atoms with Gasteiger partial charge in [-0.15, -0.1) is 11.3 Å². The van der Waals surface area contributed by atoms with E-state index in [2.05, 4.69) is 11.1 Å². The lowest BCUT2D eigenvalue weighted by atomic mass is 10.5. The number of aliphatic imine (C=N–C) groups is 1. The average Bonchev–Trinajstić information content (AvgIpc) is 2.63. The molecule has 0 bridgehead atoms. The van der Waals surface area contributed by atoms with E-state index in [1.807, 2.05) is 24.1 Å². The summed E-state index contributed by atoms with van der Waals surface area (Å²) < 4.78 is 0.857. The van der Waals surface area contributed by atoms with Crippen molar-refractivity contribution in [2.75, 3.05) is 18.6 Å². The first-order chi connectivity index (χ1) is 7.22. The second-order valence-electron chi connectivity index (χ2n) is 2.68. The lowest BCUT2D eigenvalue weighted by Crippen LogP contribution is -2.06. The van der Waals surface area contributed by atoms with Crippen LogP contribution in [0.2, 0.25) is 4.34 Å². The number of thiophene rings is 1. The molecule has 2 N–H and O–H groups in total. The van der Waals surface area contributed by atoms with Gasteiger partial charge in [0, 0.05) is 16.4 Å². The average molecular weight is 281 g/mol. The molecule has 0 aliphatic carbocycles. The highest BCUT2D eigenvalue weighted by molar-refractivity contribution is 8.13. The molecule has 1 heterocycles. The summed E-state index contributed by atoms with van der Waals surface area (Å²) in [4.78, 5) is 5.50. The van der Waals surface area contributed by atoms with Gasteiger partial charge in [-0.1, -0.05) is 23.4 Å². The Balaban J connectivity index is 2.12. The third kappa shape index (κ3) is 5.70. The lowest BCUT2D eigenvalue weighted by molar-refractivity contribution is 1.14. The molecule has 0 unspecified atom stereocenters. The van der Waals surface area contributed by atoms with Crippen LogP contribution in [0, 0.1) is 0 Å². The Morgan fingerprint density at radius 3 is 3.00 bits per heavy atom. The Morgan fingerprint density at radius 1 is 1.60 bits per heavy atom. The van der Waals surface area contributed by atoms with Crippen LogP contribution in [0.5, 0.6) is 0 Å². The van der Waals surface area contributed by atoms with Gasteiger partial charge in [0.2, 0.25) is 0 Å². The van der Waals surface area contributed by atoms with Gasteiger partial charge in [0.05, 0.1) is 10.9 Å². The maximum absolute atomic E-state index is 5.83. The molecule has 0 fully saturated rings. The predicted molar refractivity (Wildman–Crippen MR) is 75.5 cm³/mol. The predicted octanol–water partition coefficient (Wildman–Crippen LogP) is 3.31. The molecular formula is C9H13ClN2S3. The van der Waals surface area contributed by atoms with Gasteiger partial charge in [0.15, 0.2) is 5.17 Å². The van der Waals surface area contributed by atoms with Crippen LogP contribution >= 0.6 is 46.5 Å². The zero-order valence-electron chi connectivity index (χ0n) is 8.40. The van der Waals surface area contributed by atoms with Crippen molar-refractivity contribution in [2.45, 2.75) is 5.75 Å². The van der Waals surface area contributed by atoms with E-state index in [-0.39, 0.29) is 0 Å². The van der Waals surface area contributed by atoms with Gasteiger partial charge in [-0.05, 0) is 18.4 Å². The molecule has 0 saturated carbocycles. The molecule has 1 aromatic rings. The number of amidine groups is 1. The second kappa shape index (κ2) is 7.44. The molecule has 0 amide bonds. The van der Waals surface area contributed by atoms with Gasteiger partial charge >= 0.3 is 0 Å². The maximum Gasteiger partial charge on any atom is 0.153 e. The number of rotatable bonds is 5. The zero-order chi connectivity index (χ0) is 11.1. The summed E-state index contributed by atoms with van der Waals surface area (Å²) in [6.45, 7) is 0.788. The van der Waals surface area contributed by atoms with E-state index >= 15 is 0 Å². The Kier molecular flexibility index (Phi) is 6.56. The largest absolute Gasteiger partial charge is 0.379 e. The van der Waals surface area contributed by atoms with Crippen molar-refractivity contribution in [2.24, 2.45) is 10.7 Å². The summed E-state index contributed by atoms with van der Waals surface area (Å²) in [6, 6.07) is 4.01. The monoisotopic (exact) mass is 280 g/mol. The highest BCUT2D eigenvalue weighted by atomic mass is 35.5. The number of thioether (sulfide) groups is 2.